The van der Waals surface area contributed by atoms with Crippen LogP contribution in [0.5, 0.6) is 0 Å². The van der Waals surface area contributed by atoms with Gasteiger partial charge < -0.3 is 20.0 Å². The van der Waals surface area contributed by atoms with Crippen molar-refractivity contribution in [2.45, 2.75) is 64.7 Å². The zero-order chi connectivity index (χ0) is 20.5. The molecule has 0 unspecified atom stereocenters. The number of rotatable bonds is 7. The molecule has 1 aromatic rings. The van der Waals surface area contributed by atoms with Crippen molar-refractivity contribution in [1.82, 2.24) is 0 Å². The molecule has 0 saturated heterocycles. The number of nitrogens with one attached hydrogen (secondary N) is 1. The van der Waals surface area contributed by atoms with Crippen LogP contribution in [0.3, 0.4) is 0 Å². The lowest BCUT2D eigenvalue weighted by Crippen LogP contribution is -2.44. The average Bonchev–Trinajstić information content (AvgIpc) is 3.40. The fraction of sp³-hybridized carbons (Fsp3) is 0.682. The summed E-state index contributed by atoms with van der Waals surface area (Å²) in [6.07, 6.45) is 8.08. The van der Waals surface area contributed by atoms with Gasteiger partial charge in [-0.15, -0.1) is 11.3 Å². The number of aryl methyl sites for hydroxylation is 1. The van der Waals surface area contributed by atoms with Gasteiger partial charge in [0.1, 0.15) is 5.00 Å². The van der Waals surface area contributed by atoms with E-state index in [2.05, 4.69) is 5.32 Å². The first-order valence-corrected chi connectivity index (χ1v) is 11.7. The zero-order valence-electron chi connectivity index (χ0n) is 16.8. The zero-order valence-corrected chi connectivity index (χ0v) is 17.6. The summed E-state index contributed by atoms with van der Waals surface area (Å²) in [6.45, 7) is 2.40. The van der Waals surface area contributed by atoms with Gasteiger partial charge >= 0.3 is 5.97 Å². The summed E-state index contributed by atoms with van der Waals surface area (Å²) in [5.74, 6) is -2.94. The fourth-order valence-electron chi connectivity index (χ4n) is 5.45. The van der Waals surface area contributed by atoms with Crippen LogP contribution >= 0.6 is 11.3 Å². The van der Waals surface area contributed by atoms with Crippen molar-refractivity contribution in [2.75, 3.05) is 11.9 Å². The highest BCUT2D eigenvalue weighted by Gasteiger charge is 2.51. The topological polar surface area (TPSA) is 95.5 Å². The molecule has 4 rings (SSSR count). The minimum atomic E-state index is -1.12. The van der Waals surface area contributed by atoms with Gasteiger partial charge in [0.2, 0.25) is 5.91 Å². The molecule has 2 saturated carbocycles. The van der Waals surface area contributed by atoms with Crippen LogP contribution in [-0.2, 0) is 27.2 Å². The lowest BCUT2D eigenvalue weighted by molar-refractivity contribution is -0.314. The number of anilines is 1. The van der Waals surface area contributed by atoms with E-state index in [0.717, 1.165) is 68.2 Å². The van der Waals surface area contributed by atoms with Crippen LogP contribution in [0.4, 0.5) is 5.00 Å². The third kappa shape index (κ3) is 3.81. The van der Waals surface area contributed by atoms with Crippen molar-refractivity contribution in [3.8, 4) is 0 Å². The summed E-state index contributed by atoms with van der Waals surface area (Å²) in [7, 11) is 0. The van der Waals surface area contributed by atoms with Crippen LogP contribution in [-0.4, -0.2) is 24.5 Å². The van der Waals surface area contributed by atoms with Crippen molar-refractivity contribution in [3.05, 3.63) is 16.0 Å². The van der Waals surface area contributed by atoms with Gasteiger partial charge in [-0.25, -0.2) is 4.79 Å². The van der Waals surface area contributed by atoms with Crippen molar-refractivity contribution >= 4 is 34.2 Å². The van der Waals surface area contributed by atoms with Gasteiger partial charge in [-0.05, 0) is 68.8 Å². The smallest absolute Gasteiger partial charge is 0.341 e. The number of carboxylic acid groups (broad SMARTS) is 1. The molecule has 1 aromatic heterocycles. The van der Waals surface area contributed by atoms with E-state index < -0.39 is 17.8 Å². The molecule has 2 fully saturated rings. The molecule has 6 nitrogen and oxygen atoms in total. The van der Waals surface area contributed by atoms with Crippen LogP contribution < -0.4 is 10.4 Å². The molecular formula is C22H28NO5S-. The molecule has 0 radical (unpaired) electrons. The normalized spacial score (nSPS) is 27.5. The summed E-state index contributed by atoms with van der Waals surface area (Å²) < 4.78 is 5.46. The first kappa shape index (κ1) is 20.4. The number of hydrogen-bond donors (Lipinski definition) is 1. The summed E-state index contributed by atoms with van der Waals surface area (Å²) in [5.41, 5.74) is 1.49. The first-order valence-electron chi connectivity index (χ1n) is 10.8. The summed E-state index contributed by atoms with van der Waals surface area (Å²) in [6, 6.07) is 0. The Bertz CT molecular complexity index is 816. The van der Waals surface area contributed by atoms with E-state index in [4.69, 9.17) is 4.74 Å². The minimum absolute atomic E-state index is 0.0378. The fourth-order valence-corrected chi connectivity index (χ4v) is 6.73. The number of carbonyl (C=O) groups is 3. The maximum atomic E-state index is 13.1. The number of ether oxygens (including phenoxy) is 1. The lowest BCUT2D eigenvalue weighted by Gasteiger charge is -2.30. The second-order valence-corrected chi connectivity index (χ2v) is 9.70. The molecule has 0 aliphatic heterocycles. The maximum Gasteiger partial charge on any atom is 0.341 e. The third-order valence-corrected chi connectivity index (χ3v) is 8.04. The second kappa shape index (κ2) is 8.46. The molecule has 7 heteroatoms. The Kier molecular flexibility index (Phi) is 5.95. The lowest BCUT2D eigenvalue weighted by atomic mass is 9.78. The van der Waals surface area contributed by atoms with Gasteiger partial charge in [0.15, 0.2) is 0 Å². The minimum Gasteiger partial charge on any atom is -0.550 e. The highest BCUT2D eigenvalue weighted by Crippen LogP contribution is 2.52. The number of hydrogen-bond acceptors (Lipinski definition) is 6. The number of carboxylic acids is 1. The quantitative estimate of drug-likeness (QED) is 0.543. The Morgan fingerprint density at radius 1 is 1.14 bits per heavy atom. The van der Waals surface area contributed by atoms with E-state index in [1.807, 2.05) is 6.92 Å². The Hall–Kier alpha value is -1.89. The van der Waals surface area contributed by atoms with E-state index >= 15 is 0 Å². The van der Waals surface area contributed by atoms with Crippen LogP contribution in [0.2, 0.25) is 0 Å². The molecule has 0 aromatic carbocycles. The molecule has 4 atom stereocenters. The van der Waals surface area contributed by atoms with Gasteiger partial charge in [-0.2, -0.15) is 0 Å². The summed E-state index contributed by atoms with van der Waals surface area (Å²) in [4.78, 5) is 38.7. The molecule has 1 heterocycles. The monoisotopic (exact) mass is 418 g/mol. The molecule has 3 aliphatic rings. The van der Waals surface area contributed by atoms with Crippen molar-refractivity contribution < 1.29 is 24.2 Å². The van der Waals surface area contributed by atoms with E-state index in [0.29, 0.717) is 17.2 Å². The van der Waals surface area contributed by atoms with Crippen molar-refractivity contribution in [1.29, 1.82) is 0 Å². The maximum absolute atomic E-state index is 13.1. The largest absolute Gasteiger partial charge is 0.550 e. The van der Waals surface area contributed by atoms with E-state index in [1.54, 1.807) is 0 Å². The number of aliphatic carboxylic acids is 1. The van der Waals surface area contributed by atoms with Crippen LogP contribution in [0.1, 0.15) is 72.7 Å². The third-order valence-electron chi connectivity index (χ3n) is 6.83. The molecule has 1 N–H and O–H groups in total. The van der Waals surface area contributed by atoms with Crippen molar-refractivity contribution in [3.63, 3.8) is 0 Å². The number of unbranched alkanes of at least 4 members (excludes halogenated alkanes) is 1. The van der Waals surface area contributed by atoms with Crippen LogP contribution in [0.15, 0.2) is 0 Å². The van der Waals surface area contributed by atoms with Crippen molar-refractivity contribution in [2.24, 2.45) is 23.7 Å². The first-order chi connectivity index (χ1) is 14.0. The van der Waals surface area contributed by atoms with Gasteiger partial charge in [0, 0.05) is 22.7 Å². The average molecular weight is 419 g/mol. The van der Waals surface area contributed by atoms with E-state index in [1.165, 1.54) is 11.3 Å². The Labute approximate surface area is 175 Å². The van der Waals surface area contributed by atoms with Gasteiger partial charge in [-0.1, -0.05) is 13.3 Å². The number of amides is 1. The molecule has 1 amide bonds. The van der Waals surface area contributed by atoms with Gasteiger partial charge in [0.25, 0.3) is 0 Å². The Morgan fingerprint density at radius 3 is 2.59 bits per heavy atom. The van der Waals surface area contributed by atoms with E-state index in [9.17, 15) is 19.5 Å². The number of carbonyl (C=O) groups excluding carboxylic acids is 3. The van der Waals surface area contributed by atoms with Crippen LogP contribution in [0.25, 0.3) is 0 Å². The number of thiophene rings is 1. The van der Waals surface area contributed by atoms with Crippen LogP contribution in [0, 0.1) is 23.7 Å². The summed E-state index contributed by atoms with van der Waals surface area (Å²) in [5, 5.41) is 15.1. The SMILES string of the molecule is CCCCOC(=O)c1c(NC(=O)[C@@H]2[C@H]3CC[C@@H](C3)[C@H]2C(=O)[O-])sc2c1CCCC2. The number of fused-ring (bicyclic) bond motifs is 3. The predicted octanol–water partition coefficient (Wildman–Crippen LogP) is 2.93. The van der Waals surface area contributed by atoms with Gasteiger partial charge in [-0.3, -0.25) is 4.79 Å². The molecule has 0 spiro atoms. The predicted molar refractivity (Wildman–Crippen MR) is 108 cm³/mol. The molecule has 158 valence electrons. The van der Waals surface area contributed by atoms with Gasteiger partial charge in [0.05, 0.1) is 12.2 Å². The molecular weight excluding hydrogens is 390 g/mol. The molecule has 3 aliphatic carbocycles. The highest BCUT2D eigenvalue weighted by molar-refractivity contribution is 7.17. The van der Waals surface area contributed by atoms with E-state index in [-0.39, 0.29) is 23.7 Å². The molecule has 29 heavy (non-hydrogen) atoms. The second-order valence-electron chi connectivity index (χ2n) is 8.60. The molecule has 2 bridgehead atoms. The number of esters is 1. The Balaban J connectivity index is 1.58. The Morgan fingerprint density at radius 2 is 1.86 bits per heavy atom. The highest BCUT2D eigenvalue weighted by atomic mass is 32.1. The standard InChI is InChI=1S/C22H29NO5S/c1-2-3-10-28-22(27)18-14-6-4-5-7-15(14)29-20(18)23-19(24)16-12-8-9-13(11-12)17(16)21(25)26/h12-13,16-17H,2-11H2,1H3,(H,23,24)(H,25,26)/p-1/t12-,13-,16+,17+/m0/s1. The summed E-state index contributed by atoms with van der Waals surface area (Å²) >= 11 is 1.45.